The van der Waals surface area contributed by atoms with Crippen molar-refractivity contribution < 1.29 is 13.5 Å². The molecule has 8 heteroatoms. The molecule has 30 heavy (non-hydrogen) atoms. The van der Waals surface area contributed by atoms with Crippen molar-refractivity contribution in [2.75, 3.05) is 23.7 Å². The van der Waals surface area contributed by atoms with Crippen molar-refractivity contribution in [3.05, 3.63) is 54.1 Å². The zero-order chi connectivity index (χ0) is 21.9. The smallest absolute Gasteiger partial charge is 0.243 e. The van der Waals surface area contributed by atoms with Crippen LogP contribution in [0.4, 0.5) is 11.4 Å². The molecule has 0 saturated carbocycles. The summed E-state index contributed by atoms with van der Waals surface area (Å²) in [6.07, 6.45) is 0.494. The van der Waals surface area contributed by atoms with Gasteiger partial charge in [-0.3, -0.25) is 0 Å². The van der Waals surface area contributed by atoms with Crippen LogP contribution in [-0.4, -0.2) is 36.0 Å². The van der Waals surface area contributed by atoms with Crippen LogP contribution in [0.1, 0.15) is 38.9 Å². The first-order valence-electron chi connectivity index (χ1n) is 10.1. The normalized spacial score (nSPS) is 21.1. The van der Waals surface area contributed by atoms with Gasteiger partial charge >= 0.3 is 0 Å². The Bertz CT molecular complexity index is 981. The molecule has 1 saturated heterocycles. The maximum atomic E-state index is 13.0. The molecule has 3 atom stereocenters. The fourth-order valence-electron chi connectivity index (χ4n) is 3.83. The molecular weight excluding hydrogens is 418 g/mol. The van der Waals surface area contributed by atoms with Gasteiger partial charge in [-0.15, -0.1) is 0 Å². The summed E-state index contributed by atoms with van der Waals surface area (Å²) in [7, 11) is -3.50. The van der Waals surface area contributed by atoms with Gasteiger partial charge in [-0.25, -0.2) is 8.42 Å². The summed E-state index contributed by atoms with van der Waals surface area (Å²) < 4.78 is 27.6. The predicted molar refractivity (Wildman–Crippen MR) is 125 cm³/mol. The summed E-state index contributed by atoms with van der Waals surface area (Å²) in [6.45, 7) is 7.01. The molecule has 1 heterocycles. The van der Waals surface area contributed by atoms with Crippen molar-refractivity contribution in [2.45, 2.75) is 38.2 Å². The minimum atomic E-state index is -3.50. The maximum Gasteiger partial charge on any atom is 0.243 e. The van der Waals surface area contributed by atoms with Gasteiger partial charge in [0.25, 0.3) is 0 Å². The Morgan fingerprint density at radius 2 is 1.67 bits per heavy atom. The summed E-state index contributed by atoms with van der Waals surface area (Å²) in [5.41, 5.74) is 2.25. The number of rotatable bonds is 5. The molecule has 0 spiro atoms. The quantitative estimate of drug-likeness (QED) is 0.596. The first-order valence-corrected chi connectivity index (χ1v) is 12.0. The van der Waals surface area contributed by atoms with E-state index in [1.165, 1.54) is 0 Å². The molecule has 0 bridgehead atoms. The molecule has 0 amide bonds. The number of nitrogens with one attached hydrogen (secondary N) is 2. The number of thiocarbonyl (C=S) groups is 1. The van der Waals surface area contributed by atoms with Gasteiger partial charge in [0, 0.05) is 24.5 Å². The van der Waals surface area contributed by atoms with Crippen molar-refractivity contribution in [2.24, 2.45) is 11.8 Å². The van der Waals surface area contributed by atoms with E-state index in [0.717, 1.165) is 17.7 Å². The van der Waals surface area contributed by atoms with Crippen molar-refractivity contribution in [1.29, 1.82) is 0 Å². The third-order valence-corrected chi connectivity index (χ3v) is 7.26. The van der Waals surface area contributed by atoms with E-state index in [4.69, 9.17) is 12.2 Å². The van der Waals surface area contributed by atoms with Crippen LogP contribution in [0.3, 0.4) is 0 Å². The van der Waals surface area contributed by atoms with Crippen LogP contribution in [0, 0.1) is 11.8 Å². The summed E-state index contributed by atoms with van der Waals surface area (Å²) in [6, 6.07) is 14.0. The number of aliphatic hydroxyl groups is 1. The lowest BCUT2D eigenvalue weighted by Gasteiger charge is -2.34. The summed E-state index contributed by atoms with van der Waals surface area (Å²) in [5.74, 6) is 0.723. The van der Waals surface area contributed by atoms with E-state index >= 15 is 0 Å². The van der Waals surface area contributed by atoms with Gasteiger partial charge in [-0.1, -0.05) is 26.0 Å². The van der Waals surface area contributed by atoms with Gasteiger partial charge in [0.05, 0.1) is 11.0 Å². The molecule has 1 aliphatic rings. The Hall–Kier alpha value is -2.00. The van der Waals surface area contributed by atoms with Gasteiger partial charge < -0.3 is 15.7 Å². The Kier molecular flexibility index (Phi) is 7.13. The SMILES string of the molecule is C[C@@H]1C[C@H](C)CN(S(=O)(=O)c2ccc(NC(=S)Nc3cccc([C@@H](C)O)c3)cc2)C1. The van der Waals surface area contributed by atoms with Crippen LogP contribution < -0.4 is 10.6 Å². The fraction of sp³-hybridized carbons (Fsp3) is 0.409. The van der Waals surface area contributed by atoms with Gasteiger partial charge in [0.15, 0.2) is 5.11 Å². The number of nitrogens with zero attached hydrogens (tertiary/aromatic N) is 1. The van der Waals surface area contributed by atoms with Gasteiger partial charge in [-0.2, -0.15) is 4.31 Å². The first kappa shape index (κ1) is 22.7. The van der Waals surface area contributed by atoms with E-state index in [1.54, 1.807) is 35.5 Å². The Morgan fingerprint density at radius 3 is 2.27 bits per heavy atom. The molecule has 162 valence electrons. The van der Waals surface area contributed by atoms with Crippen LogP contribution in [-0.2, 0) is 10.0 Å². The number of aliphatic hydroxyl groups excluding tert-OH is 1. The number of anilines is 2. The largest absolute Gasteiger partial charge is 0.389 e. The maximum absolute atomic E-state index is 13.0. The average Bonchev–Trinajstić information content (AvgIpc) is 2.67. The van der Waals surface area contributed by atoms with Crippen LogP contribution in [0.5, 0.6) is 0 Å². The fourth-order valence-corrected chi connectivity index (χ4v) is 5.75. The molecule has 1 aliphatic heterocycles. The molecule has 3 rings (SSSR count). The van der Waals surface area contributed by atoms with E-state index in [2.05, 4.69) is 24.5 Å². The molecule has 0 aliphatic carbocycles. The molecule has 3 N–H and O–H groups in total. The standard InChI is InChI=1S/C22H29N3O3S2/c1-15-11-16(2)14-25(13-15)30(27,28)21-9-7-19(8-10-21)23-22(29)24-20-6-4-5-18(12-20)17(3)26/h4-10,12,15-17,26H,11,13-14H2,1-3H3,(H2,23,24,29)/t15-,16+,17-/m1/s1. The van der Waals surface area contributed by atoms with Crippen LogP contribution in [0.2, 0.25) is 0 Å². The third-order valence-electron chi connectivity index (χ3n) is 5.21. The van der Waals surface area contributed by atoms with Crippen molar-refractivity contribution in [1.82, 2.24) is 4.31 Å². The number of piperidine rings is 1. The third kappa shape index (κ3) is 5.57. The molecular formula is C22H29N3O3S2. The molecule has 2 aromatic carbocycles. The van der Waals surface area contributed by atoms with Crippen LogP contribution >= 0.6 is 12.2 Å². The van der Waals surface area contributed by atoms with E-state index in [-0.39, 0.29) is 4.90 Å². The van der Waals surface area contributed by atoms with E-state index < -0.39 is 16.1 Å². The summed E-state index contributed by atoms with van der Waals surface area (Å²) in [4.78, 5) is 0.290. The Labute approximate surface area is 184 Å². The predicted octanol–water partition coefficient (Wildman–Crippen LogP) is 4.22. The van der Waals surface area contributed by atoms with Crippen molar-refractivity contribution in [3.63, 3.8) is 0 Å². The second-order valence-corrected chi connectivity index (χ2v) is 10.5. The molecule has 1 fully saturated rings. The zero-order valence-corrected chi connectivity index (χ0v) is 19.1. The zero-order valence-electron chi connectivity index (χ0n) is 17.5. The topological polar surface area (TPSA) is 81.7 Å². The second-order valence-electron chi connectivity index (χ2n) is 8.17. The lowest BCUT2D eigenvalue weighted by molar-refractivity contribution is 0.199. The van der Waals surface area contributed by atoms with Crippen molar-refractivity contribution in [3.8, 4) is 0 Å². The average molecular weight is 448 g/mol. The molecule has 0 unspecified atom stereocenters. The Balaban J connectivity index is 1.65. The first-order chi connectivity index (χ1) is 14.1. The van der Waals surface area contributed by atoms with Crippen LogP contribution in [0.15, 0.2) is 53.4 Å². The molecule has 6 nitrogen and oxygen atoms in total. The van der Waals surface area contributed by atoms with Crippen LogP contribution in [0.25, 0.3) is 0 Å². The monoisotopic (exact) mass is 447 g/mol. The Morgan fingerprint density at radius 1 is 1.07 bits per heavy atom. The lowest BCUT2D eigenvalue weighted by atomic mass is 9.94. The second kappa shape index (κ2) is 9.43. The minimum absolute atomic E-state index is 0.290. The lowest BCUT2D eigenvalue weighted by Crippen LogP contribution is -2.42. The van der Waals surface area contributed by atoms with Gasteiger partial charge in [0.1, 0.15) is 0 Å². The number of sulfonamides is 1. The highest BCUT2D eigenvalue weighted by Gasteiger charge is 2.31. The summed E-state index contributed by atoms with van der Waals surface area (Å²) >= 11 is 5.35. The number of benzene rings is 2. The van der Waals surface area contributed by atoms with E-state index in [9.17, 15) is 13.5 Å². The highest BCUT2D eigenvalue weighted by Crippen LogP contribution is 2.27. The van der Waals surface area contributed by atoms with E-state index in [0.29, 0.717) is 35.7 Å². The van der Waals surface area contributed by atoms with Crippen molar-refractivity contribution >= 4 is 38.7 Å². The number of hydrogen-bond acceptors (Lipinski definition) is 4. The number of hydrogen-bond donors (Lipinski definition) is 3. The molecule has 0 aromatic heterocycles. The summed E-state index contributed by atoms with van der Waals surface area (Å²) in [5, 5.41) is 16.2. The molecule has 0 radical (unpaired) electrons. The van der Waals surface area contributed by atoms with E-state index in [1.807, 2.05) is 24.3 Å². The highest BCUT2D eigenvalue weighted by molar-refractivity contribution is 7.89. The molecule has 2 aromatic rings. The minimum Gasteiger partial charge on any atom is -0.389 e. The van der Waals surface area contributed by atoms with Gasteiger partial charge in [-0.05, 0) is 79.4 Å². The highest BCUT2D eigenvalue weighted by atomic mass is 32.2. The van der Waals surface area contributed by atoms with Gasteiger partial charge in [0.2, 0.25) is 10.0 Å².